The molecule has 1 aromatic carbocycles. The summed E-state index contributed by atoms with van der Waals surface area (Å²) in [5.74, 6) is -1.24. The van der Waals surface area contributed by atoms with Crippen molar-refractivity contribution in [3.63, 3.8) is 0 Å². The molecule has 0 bridgehead atoms. The van der Waals surface area contributed by atoms with E-state index in [-0.39, 0.29) is 11.1 Å². The molecule has 0 heterocycles. The first kappa shape index (κ1) is 29.8. The maximum Gasteiger partial charge on any atom is 0.472 e. The van der Waals surface area contributed by atoms with Gasteiger partial charge in [0.2, 0.25) is 6.23 Å². The molecule has 0 aliphatic rings. The molecule has 8 nitrogen and oxygen atoms in total. The fourth-order valence-corrected chi connectivity index (χ4v) is 4.50. The number of phosphoric ester groups is 1. The molecular weight excluding hydrogens is 445 g/mol. The normalized spacial score (nSPS) is 15.7. The molecule has 2 unspecified atom stereocenters. The van der Waals surface area contributed by atoms with Crippen LogP contribution in [-0.2, 0) is 31.2 Å². The molecule has 1 rings (SSSR count). The topological polar surface area (TPSA) is 113 Å². The molecule has 190 valence electrons. The van der Waals surface area contributed by atoms with Crippen molar-refractivity contribution in [3.05, 3.63) is 35.4 Å². The number of phosphoric acid groups is 1. The maximum atomic E-state index is 12.3. The van der Waals surface area contributed by atoms with Crippen molar-refractivity contribution in [2.75, 3.05) is 27.7 Å². The van der Waals surface area contributed by atoms with Crippen LogP contribution in [0, 0.1) is 0 Å². The fourth-order valence-electron chi connectivity index (χ4n) is 3.55. The maximum absolute atomic E-state index is 12.3. The van der Waals surface area contributed by atoms with E-state index in [1.165, 1.54) is 36.8 Å². The van der Waals surface area contributed by atoms with Gasteiger partial charge in [-0.15, -0.1) is 0 Å². The number of carboxylic acids is 1. The van der Waals surface area contributed by atoms with Crippen molar-refractivity contribution >= 4 is 13.8 Å². The number of likely N-dealkylation sites (N-methyl/N-ethyl adjacent to an activating group) is 1. The average molecular weight is 489 g/mol. The second kappa shape index (κ2) is 14.9. The van der Waals surface area contributed by atoms with Gasteiger partial charge in [-0.3, -0.25) is 13.8 Å². The molecule has 33 heavy (non-hydrogen) atoms. The molecule has 1 aromatic rings. The highest BCUT2D eigenvalue weighted by molar-refractivity contribution is 7.47. The third kappa shape index (κ3) is 13.3. The van der Waals surface area contributed by atoms with Crippen LogP contribution in [0.1, 0.15) is 69.4 Å². The van der Waals surface area contributed by atoms with E-state index < -0.39 is 32.5 Å². The molecule has 0 radical (unpaired) electrons. The van der Waals surface area contributed by atoms with E-state index in [0.29, 0.717) is 6.42 Å². The molecule has 0 saturated carbocycles. The van der Waals surface area contributed by atoms with Gasteiger partial charge in [0.15, 0.2) is 6.10 Å². The number of aryl methyl sites for hydroxylation is 2. The molecule has 0 aliphatic heterocycles. The number of hydrogen-bond acceptors (Lipinski definition) is 5. The third-order valence-corrected chi connectivity index (χ3v) is 6.49. The Hall–Kier alpha value is -1.28. The van der Waals surface area contributed by atoms with Gasteiger partial charge in [-0.25, -0.2) is 4.57 Å². The predicted molar refractivity (Wildman–Crippen MR) is 129 cm³/mol. The lowest BCUT2D eigenvalue weighted by Gasteiger charge is -2.34. The number of aliphatic hydroxyl groups excluding tert-OH is 1. The van der Waals surface area contributed by atoms with E-state index in [1.54, 1.807) is 21.1 Å². The van der Waals surface area contributed by atoms with Crippen molar-refractivity contribution in [2.24, 2.45) is 0 Å². The highest BCUT2D eigenvalue weighted by atomic mass is 31.2. The first-order valence-electron chi connectivity index (χ1n) is 11.9. The quantitative estimate of drug-likeness (QED) is 0.120. The molecular formula is C24H43NO7P+. The number of quaternary nitrogens is 1. The third-order valence-electron chi connectivity index (χ3n) is 5.45. The Kier molecular flexibility index (Phi) is 13.4. The Morgan fingerprint density at radius 1 is 1.03 bits per heavy atom. The van der Waals surface area contributed by atoms with Gasteiger partial charge in [0, 0.05) is 0 Å². The Balaban J connectivity index is 2.38. The van der Waals surface area contributed by atoms with E-state index in [9.17, 15) is 19.4 Å². The van der Waals surface area contributed by atoms with Crippen molar-refractivity contribution in [3.8, 4) is 0 Å². The lowest BCUT2D eigenvalue weighted by Crippen LogP contribution is -2.52. The van der Waals surface area contributed by atoms with Crippen molar-refractivity contribution in [1.82, 2.24) is 0 Å². The van der Waals surface area contributed by atoms with Crippen LogP contribution in [0.25, 0.3) is 0 Å². The fraction of sp³-hybridized carbons (Fsp3) is 0.708. The predicted octanol–water partition coefficient (Wildman–Crippen LogP) is 4.52. The molecule has 0 spiro atoms. The average Bonchev–Trinajstić information content (AvgIpc) is 2.72. The minimum Gasteiger partial charge on any atom is -0.481 e. The van der Waals surface area contributed by atoms with Gasteiger partial charge >= 0.3 is 13.8 Å². The number of carboxylic acid groups (broad SMARTS) is 1. The van der Waals surface area contributed by atoms with Crippen molar-refractivity contribution in [1.29, 1.82) is 0 Å². The minimum absolute atomic E-state index is 0.0194. The van der Waals surface area contributed by atoms with Crippen LogP contribution < -0.4 is 0 Å². The number of nitrogens with zero attached hydrogens (tertiary/aromatic N) is 1. The van der Waals surface area contributed by atoms with Crippen LogP contribution >= 0.6 is 7.82 Å². The molecule has 0 fully saturated rings. The van der Waals surface area contributed by atoms with E-state index in [4.69, 9.17) is 14.2 Å². The molecule has 3 N–H and O–H groups in total. The van der Waals surface area contributed by atoms with Crippen LogP contribution in [-0.4, -0.2) is 65.6 Å². The van der Waals surface area contributed by atoms with Gasteiger partial charge in [-0.2, -0.15) is 0 Å². The van der Waals surface area contributed by atoms with Crippen LogP contribution in [0.2, 0.25) is 0 Å². The highest BCUT2D eigenvalue weighted by Crippen LogP contribution is 2.46. The Morgan fingerprint density at radius 2 is 1.61 bits per heavy atom. The van der Waals surface area contributed by atoms with E-state index in [0.717, 1.165) is 25.7 Å². The van der Waals surface area contributed by atoms with Crippen molar-refractivity contribution < 1.29 is 38.0 Å². The number of hydrogen-bond donors (Lipinski definition) is 3. The number of aliphatic hydroxyl groups is 1. The van der Waals surface area contributed by atoms with E-state index >= 15 is 0 Å². The monoisotopic (exact) mass is 488 g/mol. The van der Waals surface area contributed by atoms with Crippen LogP contribution in [0.4, 0.5) is 0 Å². The Morgan fingerprint density at radius 3 is 2.12 bits per heavy atom. The van der Waals surface area contributed by atoms with Gasteiger partial charge in [-0.1, -0.05) is 56.9 Å². The lowest BCUT2D eigenvalue weighted by molar-refractivity contribution is -0.922. The van der Waals surface area contributed by atoms with Gasteiger partial charge in [0.25, 0.3) is 0 Å². The summed E-state index contributed by atoms with van der Waals surface area (Å²) >= 11 is 0. The summed E-state index contributed by atoms with van der Waals surface area (Å²) < 4.78 is 22.2. The number of rotatable bonds is 18. The standard InChI is InChI=1S/C24H42NO7P/c1-5-6-7-9-13-20-15-12-16-21(18-20)14-10-8-11-17-31-33(29,30)32-22(19-23(26)27)24(28)25(2,3)4/h12,15-16,18,22,24,28H,5-11,13-14,17,19H2,1-4H3,(H-,26,27,29,30)/p+1/t22-,24?/m1/s1. The van der Waals surface area contributed by atoms with Crippen molar-refractivity contribution in [2.45, 2.75) is 83.5 Å². The largest absolute Gasteiger partial charge is 0.481 e. The van der Waals surface area contributed by atoms with Crippen LogP contribution in [0.15, 0.2) is 24.3 Å². The number of unbranched alkanes of at least 4 members (excludes halogenated alkanes) is 5. The van der Waals surface area contributed by atoms with Gasteiger partial charge in [-0.05, 0) is 43.2 Å². The lowest BCUT2D eigenvalue weighted by atomic mass is 10.0. The minimum atomic E-state index is -4.49. The summed E-state index contributed by atoms with van der Waals surface area (Å²) in [5.41, 5.74) is 2.67. The number of carbonyl (C=O) groups is 1. The smallest absolute Gasteiger partial charge is 0.472 e. The first-order valence-corrected chi connectivity index (χ1v) is 13.4. The Bertz CT molecular complexity index is 751. The van der Waals surface area contributed by atoms with Gasteiger partial charge in [0.1, 0.15) is 0 Å². The zero-order valence-electron chi connectivity index (χ0n) is 20.6. The van der Waals surface area contributed by atoms with Gasteiger partial charge in [0.05, 0.1) is 34.2 Å². The highest BCUT2D eigenvalue weighted by Gasteiger charge is 2.39. The summed E-state index contributed by atoms with van der Waals surface area (Å²) in [6.45, 7) is 2.23. The molecule has 0 aliphatic carbocycles. The zero-order valence-corrected chi connectivity index (χ0v) is 21.5. The molecule has 9 heteroatoms. The Labute approximate surface area is 198 Å². The second-order valence-corrected chi connectivity index (χ2v) is 10.9. The second-order valence-electron chi connectivity index (χ2n) is 9.51. The zero-order chi connectivity index (χ0) is 24.9. The summed E-state index contributed by atoms with van der Waals surface area (Å²) in [6.07, 6.45) is 6.11. The summed E-state index contributed by atoms with van der Waals surface area (Å²) in [5, 5.41) is 19.3. The van der Waals surface area contributed by atoms with E-state index in [2.05, 4.69) is 31.2 Å². The number of benzene rings is 1. The summed E-state index contributed by atoms with van der Waals surface area (Å²) in [4.78, 5) is 21.0. The molecule has 0 saturated heterocycles. The molecule has 3 atom stereocenters. The first-order chi connectivity index (χ1) is 15.4. The number of aliphatic carboxylic acids is 1. The van der Waals surface area contributed by atoms with Gasteiger partial charge < -0.3 is 19.6 Å². The molecule has 0 aromatic heterocycles. The van der Waals surface area contributed by atoms with Crippen LogP contribution in [0.3, 0.4) is 0 Å². The van der Waals surface area contributed by atoms with E-state index in [1.807, 2.05) is 0 Å². The summed E-state index contributed by atoms with van der Waals surface area (Å²) in [6, 6.07) is 8.67. The molecule has 0 amide bonds. The summed E-state index contributed by atoms with van der Waals surface area (Å²) in [7, 11) is 0.408. The van der Waals surface area contributed by atoms with Crippen LogP contribution in [0.5, 0.6) is 0 Å². The SMILES string of the molecule is CCCCCCc1cccc(CCCCCOP(=O)(O)O[C@H](CC(=O)O)C(O)[N+](C)(C)C)c1.